The number of rotatable bonds is 4. The number of hydrogen-bond donors (Lipinski definition) is 1. The Bertz CT molecular complexity index is 626. The summed E-state index contributed by atoms with van der Waals surface area (Å²) in [7, 11) is 0. The van der Waals surface area contributed by atoms with Gasteiger partial charge in [-0.05, 0) is 60.6 Å². The van der Waals surface area contributed by atoms with Gasteiger partial charge in [0, 0.05) is 19.1 Å². The van der Waals surface area contributed by atoms with Crippen molar-refractivity contribution in [2.45, 2.75) is 71.6 Å². The van der Waals surface area contributed by atoms with E-state index in [0.717, 1.165) is 12.8 Å². The zero-order valence-corrected chi connectivity index (χ0v) is 18.2. The van der Waals surface area contributed by atoms with E-state index >= 15 is 0 Å². The third-order valence-corrected chi connectivity index (χ3v) is 4.37. The van der Waals surface area contributed by atoms with Crippen LogP contribution >= 0.6 is 11.8 Å². The Morgan fingerprint density at radius 2 is 1.74 bits per heavy atom. The lowest BCUT2D eigenvalue weighted by Gasteiger charge is -2.36. The van der Waals surface area contributed by atoms with E-state index in [2.05, 4.69) is 10.2 Å². The fourth-order valence-electron chi connectivity index (χ4n) is 2.64. The van der Waals surface area contributed by atoms with E-state index in [-0.39, 0.29) is 11.7 Å². The van der Waals surface area contributed by atoms with Crippen LogP contribution in [-0.2, 0) is 14.3 Å². The Balaban J connectivity index is 2.92. The van der Waals surface area contributed by atoms with Crippen LogP contribution in [0.2, 0.25) is 0 Å². The molecule has 8 heteroatoms. The number of amides is 1. The van der Waals surface area contributed by atoms with E-state index in [0.29, 0.717) is 18.1 Å². The molecule has 1 aliphatic rings. The van der Waals surface area contributed by atoms with Gasteiger partial charge in [0.15, 0.2) is 0 Å². The Morgan fingerprint density at radius 1 is 1.15 bits per heavy atom. The van der Waals surface area contributed by atoms with E-state index in [9.17, 15) is 9.59 Å². The topological polar surface area (TPSA) is 72.2 Å². The molecule has 0 saturated carbocycles. The SMILES string of the molecule is [C-]#[N+]/C(C(=O)OC(C)(C)C)=C(\SC)N1CCC[C@H](NC(=O)OC(C)(C)C)C1. The van der Waals surface area contributed by atoms with Crippen molar-refractivity contribution >= 4 is 23.8 Å². The van der Waals surface area contributed by atoms with Crippen molar-refractivity contribution in [1.82, 2.24) is 10.2 Å². The number of ether oxygens (including phenoxy) is 2. The van der Waals surface area contributed by atoms with Crippen molar-refractivity contribution in [3.63, 3.8) is 0 Å². The van der Waals surface area contributed by atoms with E-state index in [4.69, 9.17) is 16.0 Å². The maximum absolute atomic E-state index is 12.4. The number of alkyl carbamates (subject to hydrolysis) is 1. The summed E-state index contributed by atoms with van der Waals surface area (Å²) in [6.07, 6.45) is 3.03. The van der Waals surface area contributed by atoms with Gasteiger partial charge >= 0.3 is 12.1 Å². The number of carbonyl (C=O) groups excluding carboxylic acids is 2. The molecule has 1 fully saturated rings. The molecule has 1 atom stereocenters. The normalized spacial score (nSPS) is 18.9. The Morgan fingerprint density at radius 3 is 2.22 bits per heavy atom. The summed E-state index contributed by atoms with van der Waals surface area (Å²) >= 11 is 1.34. The number of likely N-dealkylation sites (tertiary alicyclic amines) is 1. The quantitative estimate of drug-likeness (QED) is 0.442. The minimum absolute atomic E-state index is 0.0182. The maximum Gasteiger partial charge on any atom is 0.407 e. The standard InChI is InChI=1S/C19H31N3O4S/c1-18(2,3)25-16(23)14(20-7)15(27-8)22-11-9-10-13(12-22)21-17(24)26-19(4,5)6/h13H,9-12H2,1-6,8H3,(H,21,24)/b15-14-/t13-/m0/s1. The van der Waals surface area contributed by atoms with Crippen LogP contribution in [0, 0.1) is 6.57 Å². The lowest BCUT2D eigenvalue weighted by atomic mass is 10.1. The van der Waals surface area contributed by atoms with E-state index in [1.807, 2.05) is 31.9 Å². The summed E-state index contributed by atoms with van der Waals surface area (Å²) in [4.78, 5) is 29.9. The molecule has 0 aromatic rings. The first-order chi connectivity index (χ1) is 12.4. The maximum atomic E-state index is 12.4. The highest BCUT2D eigenvalue weighted by molar-refractivity contribution is 8.02. The second-order valence-corrected chi connectivity index (χ2v) is 9.20. The Kier molecular flexibility index (Phi) is 8.03. The monoisotopic (exact) mass is 397 g/mol. The lowest BCUT2D eigenvalue weighted by molar-refractivity contribution is -0.149. The first-order valence-corrected chi connectivity index (χ1v) is 10.2. The van der Waals surface area contributed by atoms with Gasteiger partial charge in [-0.15, -0.1) is 11.8 Å². The largest absolute Gasteiger partial charge is 0.465 e. The number of esters is 1. The van der Waals surface area contributed by atoms with Gasteiger partial charge in [0.25, 0.3) is 5.70 Å². The summed E-state index contributed by atoms with van der Waals surface area (Å²) in [5.74, 6) is -0.621. The Labute approximate surface area is 166 Å². The van der Waals surface area contributed by atoms with Crippen LogP contribution in [0.3, 0.4) is 0 Å². The lowest BCUT2D eigenvalue weighted by Crippen LogP contribution is -2.48. The molecular weight excluding hydrogens is 366 g/mol. The molecule has 1 heterocycles. The average molecular weight is 398 g/mol. The molecule has 0 unspecified atom stereocenters. The fourth-order valence-corrected chi connectivity index (χ4v) is 3.38. The van der Waals surface area contributed by atoms with E-state index in [1.165, 1.54) is 11.8 Å². The van der Waals surface area contributed by atoms with Gasteiger partial charge in [0.1, 0.15) is 11.2 Å². The minimum Gasteiger partial charge on any atom is -0.465 e. The number of piperidine rings is 1. The number of nitrogens with one attached hydrogen (secondary N) is 1. The Hall–Kier alpha value is -1.88. The smallest absolute Gasteiger partial charge is 0.407 e. The summed E-state index contributed by atoms with van der Waals surface area (Å²) in [6, 6.07) is -0.110. The van der Waals surface area contributed by atoms with Crippen LogP contribution in [-0.4, -0.2) is 53.6 Å². The van der Waals surface area contributed by atoms with Crippen molar-refractivity contribution < 1.29 is 19.1 Å². The first-order valence-electron chi connectivity index (χ1n) is 9.00. The zero-order chi connectivity index (χ0) is 20.8. The molecule has 0 aromatic carbocycles. The number of thioether (sulfide) groups is 1. The zero-order valence-electron chi connectivity index (χ0n) is 17.3. The van der Waals surface area contributed by atoms with Crippen molar-refractivity contribution in [2.75, 3.05) is 19.3 Å². The molecule has 1 aliphatic heterocycles. The molecule has 0 spiro atoms. The van der Waals surface area contributed by atoms with Crippen LogP contribution in [0.1, 0.15) is 54.4 Å². The fraction of sp³-hybridized carbons (Fsp3) is 0.737. The molecule has 0 radical (unpaired) electrons. The third kappa shape index (κ3) is 8.12. The second-order valence-electron chi connectivity index (χ2n) is 8.40. The summed E-state index contributed by atoms with van der Waals surface area (Å²) in [6.45, 7) is 19.4. The number of hydrogen-bond acceptors (Lipinski definition) is 6. The van der Waals surface area contributed by atoms with Gasteiger partial charge in [-0.1, -0.05) is 0 Å². The van der Waals surface area contributed by atoms with Crippen LogP contribution in [0.15, 0.2) is 10.7 Å². The van der Waals surface area contributed by atoms with E-state index < -0.39 is 23.3 Å². The van der Waals surface area contributed by atoms with Gasteiger partial charge in [0.2, 0.25) is 0 Å². The molecule has 1 N–H and O–H groups in total. The average Bonchev–Trinajstić information content (AvgIpc) is 2.48. The molecule has 1 saturated heterocycles. The summed E-state index contributed by atoms with van der Waals surface area (Å²) < 4.78 is 10.7. The number of carbonyl (C=O) groups is 2. The molecule has 152 valence electrons. The van der Waals surface area contributed by atoms with Gasteiger partial charge < -0.3 is 19.7 Å². The molecular formula is C19H31N3O4S. The molecule has 0 aliphatic carbocycles. The van der Waals surface area contributed by atoms with Gasteiger partial charge in [-0.2, -0.15) is 0 Å². The molecule has 0 bridgehead atoms. The van der Waals surface area contributed by atoms with E-state index in [1.54, 1.807) is 20.8 Å². The number of nitrogens with zero attached hydrogens (tertiary/aromatic N) is 2. The van der Waals surface area contributed by atoms with Crippen LogP contribution in [0.4, 0.5) is 4.79 Å². The van der Waals surface area contributed by atoms with Crippen LogP contribution in [0.5, 0.6) is 0 Å². The van der Waals surface area contributed by atoms with Crippen molar-refractivity contribution in [1.29, 1.82) is 0 Å². The van der Waals surface area contributed by atoms with Crippen molar-refractivity contribution in [2.24, 2.45) is 0 Å². The van der Waals surface area contributed by atoms with Crippen molar-refractivity contribution in [3.8, 4) is 0 Å². The predicted molar refractivity (Wildman–Crippen MR) is 107 cm³/mol. The first kappa shape index (κ1) is 23.2. The summed E-state index contributed by atoms with van der Waals surface area (Å²) in [5.41, 5.74) is -1.24. The highest BCUT2D eigenvalue weighted by atomic mass is 32.2. The van der Waals surface area contributed by atoms with Gasteiger partial charge in [-0.25, -0.2) is 9.64 Å². The highest BCUT2D eigenvalue weighted by Crippen LogP contribution is 2.28. The highest BCUT2D eigenvalue weighted by Gasteiger charge is 2.30. The minimum atomic E-state index is -0.667. The summed E-state index contributed by atoms with van der Waals surface area (Å²) in [5, 5.41) is 3.46. The molecule has 1 rings (SSSR count). The second kappa shape index (κ2) is 9.36. The van der Waals surface area contributed by atoms with Crippen molar-refractivity contribution in [3.05, 3.63) is 22.1 Å². The molecule has 7 nitrogen and oxygen atoms in total. The molecule has 1 amide bonds. The van der Waals surface area contributed by atoms with Crippen LogP contribution in [0.25, 0.3) is 4.85 Å². The van der Waals surface area contributed by atoms with Gasteiger partial charge in [-0.3, -0.25) is 4.79 Å². The van der Waals surface area contributed by atoms with Gasteiger partial charge in [0.05, 0.1) is 11.6 Å². The van der Waals surface area contributed by atoms with Crippen LogP contribution < -0.4 is 5.32 Å². The predicted octanol–water partition coefficient (Wildman–Crippen LogP) is 3.77. The molecule has 0 aromatic heterocycles. The molecule has 27 heavy (non-hydrogen) atoms. The third-order valence-electron chi connectivity index (χ3n) is 3.53.